The molecule has 70 valence electrons. The normalized spacial score (nSPS) is 16.9. The molecule has 0 amide bonds. The van der Waals surface area contributed by atoms with Crippen molar-refractivity contribution in [2.24, 2.45) is 10.7 Å². The molecule has 6 heteroatoms. The number of allylic oxidation sites excluding steroid dienone is 1. The van der Waals surface area contributed by atoms with Crippen LogP contribution < -0.4 is 5.73 Å². The molecule has 0 aromatic heterocycles. The van der Waals surface area contributed by atoms with E-state index in [9.17, 15) is 13.2 Å². The number of nitrogens with two attached hydrogens (primary N) is 1. The Hall–Kier alpha value is -1.04. The minimum Gasteiger partial charge on any atom is -0.400 e. The Morgan fingerprint density at radius 1 is 1.58 bits per heavy atom. The maximum Gasteiger partial charge on any atom is 0.503 e. The van der Waals surface area contributed by atoms with E-state index in [2.05, 4.69) is 4.99 Å². The van der Waals surface area contributed by atoms with Crippen LogP contribution in [0.3, 0.4) is 0 Å². The van der Waals surface area contributed by atoms with Gasteiger partial charge in [-0.25, -0.2) is 0 Å². The van der Waals surface area contributed by atoms with Crippen LogP contribution in [0.15, 0.2) is 16.8 Å². The van der Waals surface area contributed by atoms with E-state index in [4.69, 9.17) is 10.8 Å². The lowest BCUT2D eigenvalue weighted by atomic mass is 10.3. The highest BCUT2D eigenvalue weighted by Gasteiger charge is 2.24. The Labute approximate surface area is 67.4 Å². The van der Waals surface area contributed by atoms with Crippen molar-refractivity contribution in [3.63, 3.8) is 0 Å². The summed E-state index contributed by atoms with van der Waals surface area (Å²) in [5, 5.41) is 8.71. The first-order chi connectivity index (χ1) is 5.33. The van der Waals surface area contributed by atoms with Crippen molar-refractivity contribution < 1.29 is 18.3 Å². The Morgan fingerprint density at radius 3 is 2.42 bits per heavy atom. The monoisotopic (exact) mass is 182 g/mol. The van der Waals surface area contributed by atoms with Crippen LogP contribution in [-0.2, 0) is 0 Å². The first-order valence-corrected chi connectivity index (χ1v) is 3.08. The largest absolute Gasteiger partial charge is 0.503 e. The summed E-state index contributed by atoms with van der Waals surface area (Å²) in [7, 11) is 0. The van der Waals surface area contributed by atoms with Gasteiger partial charge in [0.05, 0.1) is 6.10 Å². The van der Waals surface area contributed by atoms with Crippen LogP contribution in [0.2, 0.25) is 0 Å². The molecule has 3 N–H and O–H groups in total. The van der Waals surface area contributed by atoms with Gasteiger partial charge < -0.3 is 10.8 Å². The van der Waals surface area contributed by atoms with Crippen LogP contribution in [0.4, 0.5) is 13.2 Å². The van der Waals surface area contributed by atoms with Gasteiger partial charge >= 0.3 is 6.30 Å². The molecule has 0 aliphatic rings. The van der Waals surface area contributed by atoms with E-state index in [0.717, 1.165) is 6.08 Å². The van der Waals surface area contributed by atoms with Gasteiger partial charge in [0.15, 0.2) is 0 Å². The molecule has 3 nitrogen and oxygen atoms in total. The van der Waals surface area contributed by atoms with Crippen molar-refractivity contribution in [2.75, 3.05) is 0 Å². The predicted molar refractivity (Wildman–Crippen MR) is 38.5 cm³/mol. The maximum absolute atomic E-state index is 11.4. The minimum absolute atomic E-state index is 0.0667. The number of nitrogens with zero attached hydrogens (tertiary/aromatic N) is 1. The summed E-state index contributed by atoms with van der Waals surface area (Å²) in [6.07, 6.45) is -4.15. The zero-order chi connectivity index (χ0) is 9.78. The fourth-order valence-corrected chi connectivity index (χ4v) is 0.347. The lowest BCUT2D eigenvalue weighted by Gasteiger charge is -2.01. The van der Waals surface area contributed by atoms with E-state index in [-0.39, 0.29) is 5.70 Å². The molecule has 0 bridgehead atoms. The number of alkyl halides is 3. The van der Waals surface area contributed by atoms with Gasteiger partial charge in [-0.05, 0) is 13.0 Å². The highest BCUT2D eigenvalue weighted by Crippen LogP contribution is 2.14. The van der Waals surface area contributed by atoms with Gasteiger partial charge in [-0.15, -0.1) is 13.2 Å². The van der Waals surface area contributed by atoms with Gasteiger partial charge in [0.2, 0.25) is 0 Å². The Morgan fingerprint density at radius 2 is 2.08 bits per heavy atom. The smallest absolute Gasteiger partial charge is 0.400 e. The van der Waals surface area contributed by atoms with E-state index < -0.39 is 12.4 Å². The summed E-state index contributed by atoms with van der Waals surface area (Å²) in [6, 6.07) is 0. The van der Waals surface area contributed by atoms with E-state index in [1.165, 1.54) is 6.92 Å². The van der Waals surface area contributed by atoms with E-state index in [1.807, 2.05) is 0 Å². The Kier molecular flexibility index (Phi) is 3.75. The third kappa shape index (κ3) is 5.72. The number of aliphatic imine (C=N–C) groups is 1. The fraction of sp³-hybridized carbons (Fsp3) is 0.500. The van der Waals surface area contributed by atoms with Crippen molar-refractivity contribution >= 4 is 6.21 Å². The van der Waals surface area contributed by atoms with Crippen molar-refractivity contribution in [2.45, 2.75) is 19.3 Å². The number of hydrogen-bond donors (Lipinski definition) is 2. The third-order valence-corrected chi connectivity index (χ3v) is 0.970. The zero-order valence-electron chi connectivity index (χ0n) is 6.34. The number of halogens is 3. The van der Waals surface area contributed by atoms with Gasteiger partial charge in [-0.2, -0.15) is 4.99 Å². The quantitative estimate of drug-likeness (QED) is 0.490. The number of rotatable bonds is 2. The molecule has 0 aromatic rings. The molecule has 0 saturated carbocycles. The Balaban J connectivity index is 4.13. The summed E-state index contributed by atoms with van der Waals surface area (Å²) in [5.74, 6) is 0. The fourth-order valence-electron chi connectivity index (χ4n) is 0.347. The molecule has 0 saturated heterocycles. The second-order valence-corrected chi connectivity index (χ2v) is 2.09. The van der Waals surface area contributed by atoms with Crippen molar-refractivity contribution in [1.82, 2.24) is 0 Å². The molecule has 0 aliphatic heterocycles. The number of aliphatic hydroxyl groups excluding tert-OH is 1. The SMILES string of the molecule is CC(O)/C(N)=C/C=N/C(F)(F)F. The first kappa shape index (κ1) is 11.0. The highest BCUT2D eigenvalue weighted by molar-refractivity contribution is 5.72. The topological polar surface area (TPSA) is 58.6 Å². The number of hydrogen-bond acceptors (Lipinski definition) is 3. The Bertz CT molecular complexity index is 195. The maximum atomic E-state index is 11.4. The predicted octanol–water partition coefficient (Wildman–Crippen LogP) is 0.800. The lowest BCUT2D eigenvalue weighted by Crippen LogP contribution is -2.13. The molecule has 12 heavy (non-hydrogen) atoms. The van der Waals surface area contributed by atoms with Crippen molar-refractivity contribution in [1.29, 1.82) is 0 Å². The first-order valence-electron chi connectivity index (χ1n) is 3.08. The van der Waals surface area contributed by atoms with Crippen molar-refractivity contribution in [3.8, 4) is 0 Å². The molecule has 0 rings (SSSR count). The average Bonchev–Trinajstić information content (AvgIpc) is 1.84. The second kappa shape index (κ2) is 4.10. The van der Waals surface area contributed by atoms with Crippen LogP contribution in [-0.4, -0.2) is 23.7 Å². The summed E-state index contributed by atoms with van der Waals surface area (Å²) < 4.78 is 34.1. The van der Waals surface area contributed by atoms with E-state index in [1.54, 1.807) is 0 Å². The molecular weight excluding hydrogens is 173 g/mol. The number of aliphatic hydroxyl groups is 1. The van der Waals surface area contributed by atoms with Gasteiger partial charge in [0, 0.05) is 11.9 Å². The van der Waals surface area contributed by atoms with Crippen LogP contribution in [0.5, 0.6) is 0 Å². The van der Waals surface area contributed by atoms with Crippen molar-refractivity contribution in [3.05, 3.63) is 11.8 Å². The molecule has 1 unspecified atom stereocenters. The molecule has 0 aromatic carbocycles. The summed E-state index contributed by atoms with van der Waals surface area (Å²) in [5.41, 5.74) is 5.03. The molecular formula is C6H9F3N2O. The van der Waals surface area contributed by atoms with Gasteiger partial charge in [-0.3, -0.25) is 0 Å². The lowest BCUT2D eigenvalue weighted by molar-refractivity contribution is -0.118. The van der Waals surface area contributed by atoms with E-state index in [0.29, 0.717) is 6.21 Å². The van der Waals surface area contributed by atoms with Crippen LogP contribution >= 0.6 is 0 Å². The van der Waals surface area contributed by atoms with Crippen LogP contribution in [0.1, 0.15) is 6.92 Å². The molecule has 0 radical (unpaired) electrons. The minimum atomic E-state index is -4.59. The van der Waals surface area contributed by atoms with Crippen LogP contribution in [0.25, 0.3) is 0 Å². The molecule has 0 fully saturated rings. The van der Waals surface area contributed by atoms with Crippen LogP contribution in [0, 0.1) is 0 Å². The zero-order valence-corrected chi connectivity index (χ0v) is 6.34. The van der Waals surface area contributed by atoms with Gasteiger partial charge in [-0.1, -0.05) is 0 Å². The summed E-state index contributed by atoms with van der Waals surface area (Å²) in [4.78, 5) is 2.19. The summed E-state index contributed by atoms with van der Waals surface area (Å²) in [6.45, 7) is 1.34. The van der Waals surface area contributed by atoms with Gasteiger partial charge in [0.1, 0.15) is 0 Å². The molecule has 1 atom stereocenters. The molecule has 0 aliphatic carbocycles. The second-order valence-electron chi connectivity index (χ2n) is 2.09. The third-order valence-electron chi connectivity index (χ3n) is 0.970. The van der Waals surface area contributed by atoms with E-state index >= 15 is 0 Å². The highest BCUT2D eigenvalue weighted by atomic mass is 19.4. The van der Waals surface area contributed by atoms with Gasteiger partial charge in [0.25, 0.3) is 0 Å². The molecule has 0 heterocycles. The summed E-state index contributed by atoms with van der Waals surface area (Å²) >= 11 is 0. The molecule has 0 spiro atoms. The average molecular weight is 182 g/mol. The standard InChI is InChI=1S/C6H9F3N2O/c1-4(12)5(10)2-3-11-6(7,8)9/h2-4,12H,10H2,1H3/b5-2-,11-3+.